The SMILES string of the molecule is c1ccc(-c2ccc3ccc(-c4ccc5c(ccc6c5c5ccccc5n6-c5ccccc5)c4)cc3c2)cc1. The maximum Gasteiger partial charge on any atom is 0.0547 e. The van der Waals surface area contributed by atoms with Crippen molar-refractivity contribution in [1.29, 1.82) is 0 Å². The van der Waals surface area contributed by atoms with Gasteiger partial charge in [-0.1, -0.05) is 109 Å². The predicted octanol–water partition coefficient (Wildman–Crippen LogP) is 10.4. The molecule has 1 heterocycles. The van der Waals surface area contributed by atoms with Crippen LogP contribution in [0.2, 0.25) is 0 Å². The van der Waals surface area contributed by atoms with E-state index in [1.807, 2.05) is 0 Å². The van der Waals surface area contributed by atoms with Gasteiger partial charge in [-0.3, -0.25) is 0 Å². The second-order valence-electron chi connectivity index (χ2n) is 10.2. The zero-order valence-corrected chi connectivity index (χ0v) is 21.4. The summed E-state index contributed by atoms with van der Waals surface area (Å²) in [4.78, 5) is 0. The topological polar surface area (TPSA) is 4.93 Å². The van der Waals surface area contributed by atoms with Crippen molar-refractivity contribution in [3.8, 4) is 27.9 Å². The summed E-state index contributed by atoms with van der Waals surface area (Å²) in [6.07, 6.45) is 0. The van der Waals surface area contributed by atoms with Gasteiger partial charge in [-0.05, 0) is 86.3 Å². The molecule has 0 aliphatic heterocycles. The zero-order valence-electron chi connectivity index (χ0n) is 21.4. The molecule has 8 aromatic rings. The fourth-order valence-corrected chi connectivity index (χ4v) is 6.07. The highest BCUT2D eigenvalue weighted by molar-refractivity contribution is 6.21. The van der Waals surface area contributed by atoms with Gasteiger partial charge in [0, 0.05) is 16.5 Å². The largest absolute Gasteiger partial charge is 0.309 e. The predicted molar refractivity (Wildman–Crippen MR) is 167 cm³/mol. The Kier molecular flexibility index (Phi) is 4.89. The number of hydrogen-bond donors (Lipinski definition) is 0. The zero-order chi connectivity index (χ0) is 25.8. The highest BCUT2D eigenvalue weighted by Gasteiger charge is 2.15. The number of benzene rings is 7. The van der Waals surface area contributed by atoms with Crippen LogP contribution in [0, 0.1) is 0 Å². The lowest BCUT2D eigenvalue weighted by molar-refractivity contribution is 1.18. The number of aromatic nitrogens is 1. The molecule has 1 heteroatoms. The van der Waals surface area contributed by atoms with Crippen molar-refractivity contribution in [2.45, 2.75) is 0 Å². The Morgan fingerprint density at radius 3 is 1.69 bits per heavy atom. The maximum atomic E-state index is 2.38. The van der Waals surface area contributed by atoms with E-state index in [2.05, 4.69) is 156 Å². The molecule has 0 N–H and O–H groups in total. The minimum Gasteiger partial charge on any atom is -0.309 e. The fourth-order valence-electron chi connectivity index (χ4n) is 6.07. The maximum absolute atomic E-state index is 2.38. The summed E-state index contributed by atoms with van der Waals surface area (Å²) >= 11 is 0. The first-order valence-corrected chi connectivity index (χ1v) is 13.4. The van der Waals surface area contributed by atoms with Gasteiger partial charge in [-0.15, -0.1) is 0 Å². The Labute approximate surface area is 227 Å². The van der Waals surface area contributed by atoms with Crippen LogP contribution in [0.3, 0.4) is 0 Å². The van der Waals surface area contributed by atoms with E-state index in [1.165, 1.54) is 71.3 Å². The van der Waals surface area contributed by atoms with Crippen LogP contribution in [-0.4, -0.2) is 4.57 Å². The van der Waals surface area contributed by atoms with Gasteiger partial charge in [0.25, 0.3) is 0 Å². The van der Waals surface area contributed by atoms with Gasteiger partial charge in [0.05, 0.1) is 11.0 Å². The van der Waals surface area contributed by atoms with Gasteiger partial charge in [0.2, 0.25) is 0 Å². The normalized spacial score (nSPS) is 11.6. The van der Waals surface area contributed by atoms with Crippen molar-refractivity contribution < 1.29 is 0 Å². The van der Waals surface area contributed by atoms with E-state index in [0.717, 1.165) is 0 Å². The Hall–Kier alpha value is -5.14. The molecule has 0 saturated heterocycles. The molecule has 182 valence electrons. The third kappa shape index (κ3) is 3.55. The second-order valence-corrected chi connectivity index (χ2v) is 10.2. The van der Waals surface area contributed by atoms with Gasteiger partial charge in [-0.25, -0.2) is 0 Å². The summed E-state index contributed by atoms with van der Waals surface area (Å²) in [6.45, 7) is 0. The molecule has 0 saturated carbocycles. The Bertz CT molecular complexity index is 2150. The van der Waals surface area contributed by atoms with E-state index >= 15 is 0 Å². The smallest absolute Gasteiger partial charge is 0.0547 e. The lowest BCUT2D eigenvalue weighted by Gasteiger charge is -2.10. The third-order valence-electron chi connectivity index (χ3n) is 7.95. The van der Waals surface area contributed by atoms with E-state index < -0.39 is 0 Å². The van der Waals surface area contributed by atoms with E-state index in [9.17, 15) is 0 Å². The van der Waals surface area contributed by atoms with E-state index in [1.54, 1.807) is 0 Å². The first-order valence-electron chi connectivity index (χ1n) is 13.4. The van der Waals surface area contributed by atoms with E-state index in [0.29, 0.717) is 0 Å². The monoisotopic (exact) mass is 495 g/mol. The van der Waals surface area contributed by atoms with Gasteiger partial charge in [0.15, 0.2) is 0 Å². The van der Waals surface area contributed by atoms with Crippen molar-refractivity contribution in [2.24, 2.45) is 0 Å². The Morgan fingerprint density at radius 2 is 0.923 bits per heavy atom. The number of para-hydroxylation sites is 2. The van der Waals surface area contributed by atoms with Crippen LogP contribution in [0.25, 0.3) is 71.3 Å². The molecule has 0 amide bonds. The molecule has 39 heavy (non-hydrogen) atoms. The number of rotatable bonds is 3. The number of hydrogen-bond acceptors (Lipinski definition) is 0. The Morgan fingerprint density at radius 1 is 0.333 bits per heavy atom. The summed E-state index contributed by atoms with van der Waals surface area (Å²) in [5.74, 6) is 0. The van der Waals surface area contributed by atoms with Crippen LogP contribution in [0.4, 0.5) is 0 Å². The summed E-state index contributed by atoms with van der Waals surface area (Å²) in [7, 11) is 0. The third-order valence-corrected chi connectivity index (χ3v) is 7.95. The van der Waals surface area contributed by atoms with Crippen LogP contribution in [0.15, 0.2) is 152 Å². The van der Waals surface area contributed by atoms with Crippen LogP contribution >= 0.6 is 0 Å². The molecule has 0 aliphatic carbocycles. The molecule has 8 rings (SSSR count). The van der Waals surface area contributed by atoms with Crippen LogP contribution in [0.1, 0.15) is 0 Å². The molecule has 0 spiro atoms. The second kappa shape index (κ2) is 8.72. The van der Waals surface area contributed by atoms with Crippen LogP contribution in [-0.2, 0) is 0 Å². The average Bonchev–Trinajstić information content (AvgIpc) is 3.36. The molecule has 0 fully saturated rings. The minimum absolute atomic E-state index is 1.19. The van der Waals surface area contributed by atoms with Gasteiger partial charge < -0.3 is 4.57 Å². The molecule has 0 unspecified atom stereocenters. The molecule has 0 bridgehead atoms. The molecular formula is C38H25N. The van der Waals surface area contributed by atoms with Crippen molar-refractivity contribution in [1.82, 2.24) is 4.57 Å². The highest BCUT2D eigenvalue weighted by atomic mass is 15.0. The van der Waals surface area contributed by atoms with Crippen LogP contribution in [0.5, 0.6) is 0 Å². The van der Waals surface area contributed by atoms with Crippen molar-refractivity contribution >= 4 is 43.4 Å². The summed E-state index contributed by atoms with van der Waals surface area (Å²) in [5.41, 5.74) is 8.62. The molecule has 1 aromatic heterocycles. The molecule has 0 atom stereocenters. The quantitative estimate of drug-likeness (QED) is 0.230. The summed E-state index contributed by atoms with van der Waals surface area (Å²) < 4.78 is 2.38. The highest BCUT2D eigenvalue weighted by Crippen LogP contribution is 2.38. The summed E-state index contributed by atoms with van der Waals surface area (Å²) in [6, 6.07) is 55.0. The standard InChI is InChI=1S/C38H25N/c1-3-9-26(10-4-1)28-17-15-27-16-18-29(25-32(27)24-28)30-19-21-34-31(23-30)20-22-37-38(34)35-13-7-8-14-36(35)39(37)33-11-5-2-6-12-33/h1-25H. The van der Waals surface area contributed by atoms with Crippen molar-refractivity contribution in [3.63, 3.8) is 0 Å². The molecule has 0 radical (unpaired) electrons. The molecule has 0 aliphatic rings. The fraction of sp³-hybridized carbons (Fsp3) is 0. The molecule has 7 aromatic carbocycles. The molecule has 1 nitrogen and oxygen atoms in total. The number of nitrogens with zero attached hydrogens (tertiary/aromatic N) is 1. The van der Waals surface area contributed by atoms with E-state index in [-0.39, 0.29) is 0 Å². The average molecular weight is 496 g/mol. The van der Waals surface area contributed by atoms with Gasteiger partial charge in [0.1, 0.15) is 0 Å². The van der Waals surface area contributed by atoms with Gasteiger partial charge in [-0.2, -0.15) is 0 Å². The van der Waals surface area contributed by atoms with E-state index in [4.69, 9.17) is 0 Å². The van der Waals surface area contributed by atoms with Crippen LogP contribution < -0.4 is 0 Å². The summed E-state index contributed by atoms with van der Waals surface area (Å²) in [5, 5.41) is 7.66. The molecular weight excluding hydrogens is 470 g/mol. The first-order chi connectivity index (χ1) is 19.3. The first kappa shape index (κ1) is 21.9. The van der Waals surface area contributed by atoms with Crippen molar-refractivity contribution in [2.75, 3.05) is 0 Å². The van der Waals surface area contributed by atoms with Crippen molar-refractivity contribution in [3.05, 3.63) is 152 Å². The number of fused-ring (bicyclic) bond motifs is 6. The lowest BCUT2D eigenvalue weighted by atomic mass is 9.95. The van der Waals surface area contributed by atoms with Gasteiger partial charge >= 0.3 is 0 Å². The minimum atomic E-state index is 1.19. The lowest BCUT2D eigenvalue weighted by Crippen LogP contribution is -1.92. The Balaban J connectivity index is 1.30.